The molecule has 0 aliphatic rings. The van der Waals surface area contributed by atoms with Gasteiger partial charge in [0.15, 0.2) is 0 Å². The summed E-state index contributed by atoms with van der Waals surface area (Å²) in [6.07, 6.45) is 0. The number of nitrogens with two attached hydrogens (primary N) is 1. The first-order chi connectivity index (χ1) is 4.70. The van der Waals surface area contributed by atoms with Gasteiger partial charge < -0.3 is 5.73 Å². The van der Waals surface area contributed by atoms with Crippen molar-refractivity contribution in [2.75, 3.05) is 0 Å². The molecule has 1 aromatic rings. The molecule has 0 aromatic heterocycles. The zero-order chi connectivity index (χ0) is 7.56. The average Bonchev–Trinajstić information content (AvgIpc) is 1.88. The van der Waals surface area contributed by atoms with E-state index in [0.29, 0.717) is 5.02 Å². The second-order valence-corrected chi connectivity index (χ2v) is 2.15. The largest absolute Gasteiger partial charge is 0.326 e. The Morgan fingerprint density at radius 2 is 2.00 bits per heavy atom. The Balaban J connectivity index is 2.89. The standard InChI is InChI=1S/C7H8ClN/c8-7-3-1-6(5-9)2-4-7/h1-4H,5,9H2/i5D. The van der Waals surface area contributed by atoms with Gasteiger partial charge in [-0.15, -0.1) is 0 Å². The molecule has 0 aliphatic heterocycles. The lowest BCUT2D eigenvalue weighted by Crippen LogP contribution is -1.94. The van der Waals surface area contributed by atoms with Gasteiger partial charge in [0.2, 0.25) is 0 Å². The van der Waals surface area contributed by atoms with Crippen molar-refractivity contribution >= 4 is 11.6 Å². The van der Waals surface area contributed by atoms with Crippen LogP contribution in [-0.2, 0) is 6.52 Å². The van der Waals surface area contributed by atoms with Crippen LogP contribution in [0.25, 0.3) is 0 Å². The second kappa shape index (κ2) is 2.85. The van der Waals surface area contributed by atoms with E-state index in [4.69, 9.17) is 18.7 Å². The number of hydrogen-bond acceptors (Lipinski definition) is 1. The summed E-state index contributed by atoms with van der Waals surface area (Å²) >= 11 is 5.61. The van der Waals surface area contributed by atoms with Gasteiger partial charge in [-0.05, 0) is 17.7 Å². The SMILES string of the molecule is [2H]C(N)c1ccc(Cl)cc1. The molecule has 0 spiro atoms. The third-order valence-corrected chi connectivity index (χ3v) is 1.31. The fourth-order valence-electron chi connectivity index (χ4n) is 0.574. The minimum Gasteiger partial charge on any atom is -0.326 e. The summed E-state index contributed by atoms with van der Waals surface area (Å²) in [5, 5.41) is 0.671. The lowest BCUT2D eigenvalue weighted by Gasteiger charge is -1.93. The molecule has 1 rings (SSSR count). The van der Waals surface area contributed by atoms with E-state index >= 15 is 0 Å². The third kappa shape index (κ3) is 1.70. The minimum absolute atomic E-state index is 0.655. The Hall–Kier alpha value is -0.530. The molecule has 0 saturated heterocycles. The van der Waals surface area contributed by atoms with Gasteiger partial charge >= 0.3 is 0 Å². The Morgan fingerprint density at radius 1 is 1.44 bits per heavy atom. The summed E-state index contributed by atoms with van der Waals surface area (Å²) in [5.41, 5.74) is 6.07. The molecule has 0 aliphatic carbocycles. The van der Waals surface area contributed by atoms with E-state index in [-0.39, 0.29) is 0 Å². The van der Waals surface area contributed by atoms with Gasteiger partial charge in [-0.1, -0.05) is 23.7 Å². The van der Waals surface area contributed by atoms with E-state index in [1.165, 1.54) is 0 Å². The van der Waals surface area contributed by atoms with Crippen molar-refractivity contribution in [3.8, 4) is 0 Å². The summed E-state index contributed by atoms with van der Waals surface area (Å²) in [4.78, 5) is 0. The maximum absolute atomic E-state index is 7.12. The van der Waals surface area contributed by atoms with Crippen LogP contribution in [0.4, 0.5) is 0 Å². The first-order valence-corrected chi connectivity index (χ1v) is 3.01. The normalized spacial score (nSPS) is 14.7. The number of halogens is 1. The minimum atomic E-state index is -0.655. The molecule has 2 heteroatoms. The van der Waals surface area contributed by atoms with E-state index in [1.807, 2.05) is 0 Å². The van der Waals surface area contributed by atoms with Crippen LogP contribution in [0.3, 0.4) is 0 Å². The lowest BCUT2D eigenvalue weighted by atomic mass is 10.2. The molecule has 0 fully saturated rings. The molecule has 1 atom stereocenters. The fourth-order valence-corrected chi connectivity index (χ4v) is 0.700. The van der Waals surface area contributed by atoms with Gasteiger partial charge in [-0.25, -0.2) is 0 Å². The van der Waals surface area contributed by atoms with E-state index in [2.05, 4.69) is 0 Å². The molecular formula is C7H8ClN. The van der Waals surface area contributed by atoms with E-state index in [1.54, 1.807) is 24.3 Å². The Morgan fingerprint density at radius 3 is 2.44 bits per heavy atom. The summed E-state index contributed by atoms with van der Waals surface area (Å²) in [5.74, 6) is 0. The van der Waals surface area contributed by atoms with Gasteiger partial charge in [0.1, 0.15) is 0 Å². The first-order valence-electron chi connectivity index (χ1n) is 3.21. The van der Waals surface area contributed by atoms with Crippen molar-refractivity contribution in [1.82, 2.24) is 0 Å². The Bertz CT molecular complexity index is 207. The molecule has 1 unspecified atom stereocenters. The van der Waals surface area contributed by atoms with Crippen molar-refractivity contribution < 1.29 is 1.37 Å². The van der Waals surface area contributed by atoms with Crippen LogP contribution in [0.5, 0.6) is 0 Å². The first kappa shape index (κ1) is 5.27. The van der Waals surface area contributed by atoms with E-state index < -0.39 is 6.52 Å². The Kier molecular flexibility index (Phi) is 1.67. The second-order valence-electron chi connectivity index (χ2n) is 1.72. The molecule has 0 bridgehead atoms. The van der Waals surface area contributed by atoms with E-state index in [0.717, 1.165) is 5.56 Å². The fraction of sp³-hybridized carbons (Fsp3) is 0.143. The highest BCUT2D eigenvalue weighted by Gasteiger charge is 1.86. The average molecular weight is 143 g/mol. The summed E-state index contributed by atoms with van der Waals surface area (Å²) in [7, 11) is 0. The topological polar surface area (TPSA) is 26.0 Å². The molecule has 48 valence electrons. The van der Waals surface area contributed by atoms with Gasteiger partial charge in [-0.2, -0.15) is 0 Å². The van der Waals surface area contributed by atoms with Crippen LogP contribution in [-0.4, -0.2) is 0 Å². The van der Waals surface area contributed by atoms with Gasteiger partial charge in [-0.3, -0.25) is 0 Å². The van der Waals surface area contributed by atoms with Crippen LogP contribution in [0, 0.1) is 0 Å². The number of benzene rings is 1. The highest BCUT2D eigenvalue weighted by Crippen LogP contribution is 2.08. The summed E-state index contributed by atoms with van der Waals surface area (Å²) < 4.78 is 7.12. The molecule has 0 saturated carbocycles. The number of rotatable bonds is 1. The van der Waals surface area contributed by atoms with Crippen molar-refractivity contribution in [1.29, 1.82) is 0 Å². The summed E-state index contributed by atoms with van der Waals surface area (Å²) in [6.45, 7) is -0.655. The lowest BCUT2D eigenvalue weighted by molar-refractivity contribution is 1.07. The van der Waals surface area contributed by atoms with Crippen LogP contribution in [0.15, 0.2) is 24.3 Å². The van der Waals surface area contributed by atoms with Crippen LogP contribution in [0.1, 0.15) is 6.93 Å². The highest BCUT2D eigenvalue weighted by molar-refractivity contribution is 6.30. The Labute approximate surface area is 60.8 Å². The molecule has 0 amide bonds. The predicted octanol–water partition coefficient (Wildman–Crippen LogP) is 1.80. The maximum atomic E-state index is 7.12. The maximum Gasteiger partial charge on any atom is 0.0477 e. The molecule has 9 heavy (non-hydrogen) atoms. The predicted molar refractivity (Wildman–Crippen MR) is 39.3 cm³/mol. The van der Waals surface area contributed by atoms with Crippen molar-refractivity contribution in [3.05, 3.63) is 34.9 Å². The molecule has 0 heterocycles. The van der Waals surface area contributed by atoms with Crippen molar-refractivity contribution in [3.63, 3.8) is 0 Å². The molecular weight excluding hydrogens is 134 g/mol. The summed E-state index contributed by atoms with van der Waals surface area (Å²) in [6, 6.07) is 6.95. The molecule has 1 aromatic carbocycles. The molecule has 1 nitrogen and oxygen atoms in total. The zero-order valence-electron chi connectivity index (χ0n) is 5.84. The quantitative estimate of drug-likeness (QED) is 0.636. The van der Waals surface area contributed by atoms with Crippen LogP contribution < -0.4 is 5.73 Å². The molecule has 2 N–H and O–H groups in total. The van der Waals surface area contributed by atoms with Crippen molar-refractivity contribution in [2.45, 2.75) is 6.52 Å². The van der Waals surface area contributed by atoms with Crippen LogP contribution >= 0.6 is 11.6 Å². The van der Waals surface area contributed by atoms with E-state index in [9.17, 15) is 0 Å². The van der Waals surface area contributed by atoms with Crippen LogP contribution in [0.2, 0.25) is 5.02 Å². The zero-order valence-corrected chi connectivity index (χ0v) is 5.60. The monoisotopic (exact) mass is 142 g/mol. The van der Waals surface area contributed by atoms with Crippen molar-refractivity contribution in [2.24, 2.45) is 5.73 Å². The smallest absolute Gasteiger partial charge is 0.0477 e. The van der Waals surface area contributed by atoms with Gasteiger partial charge in [0.25, 0.3) is 0 Å². The van der Waals surface area contributed by atoms with Gasteiger partial charge in [0, 0.05) is 12.9 Å². The third-order valence-electron chi connectivity index (χ3n) is 1.06. The highest BCUT2D eigenvalue weighted by atomic mass is 35.5. The number of hydrogen-bond donors (Lipinski definition) is 1. The van der Waals surface area contributed by atoms with Gasteiger partial charge in [0.05, 0.1) is 0 Å². The molecule has 0 radical (unpaired) electrons.